The molecule has 1 fully saturated rings. The predicted octanol–water partition coefficient (Wildman–Crippen LogP) is 1.91. The Bertz CT molecular complexity index is 94.7. The third kappa shape index (κ3) is 1.45. The van der Waals surface area contributed by atoms with Crippen molar-refractivity contribution in [2.45, 2.75) is 45.6 Å². The van der Waals surface area contributed by atoms with Crippen molar-refractivity contribution in [1.29, 1.82) is 0 Å². The van der Waals surface area contributed by atoms with Crippen molar-refractivity contribution in [3.63, 3.8) is 0 Å². The molecule has 0 amide bonds. The Morgan fingerprint density at radius 3 is 2.44 bits per heavy atom. The molecule has 0 aromatic rings. The Hall–Kier alpha value is -0.0400. The molecule has 1 aliphatic carbocycles. The molecule has 2 N–H and O–H groups in total. The van der Waals surface area contributed by atoms with Gasteiger partial charge >= 0.3 is 0 Å². The average Bonchev–Trinajstić information content (AvgIpc) is 2.50. The van der Waals surface area contributed by atoms with Crippen molar-refractivity contribution in [2.75, 3.05) is 0 Å². The van der Waals surface area contributed by atoms with E-state index in [1.165, 1.54) is 25.7 Å². The van der Waals surface area contributed by atoms with E-state index in [1.54, 1.807) is 0 Å². The highest BCUT2D eigenvalue weighted by Gasteiger charge is 2.42. The predicted molar refractivity (Wildman–Crippen MR) is 40.2 cm³/mol. The van der Waals surface area contributed by atoms with Crippen LogP contribution in [-0.4, -0.2) is 6.04 Å². The standard InChI is InChI=1S/C8H17N/c1-3-4-7(9)8(2)5-6-8/h7H,3-6,9H2,1-2H3/t7-/m0/s1. The Morgan fingerprint density at radius 1 is 1.56 bits per heavy atom. The molecule has 0 aliphatic heterocycles. The quantitative estimate of drug-likeness (QED) is 0.615. The van der Waals surface area contributed by atoms with Gasteiger partial charge in [-0.2, -0.15) is 0 Å². The minimum Gasteiger partial charge on any atom is -0.327 e. The lowest BCUT2D eigenvalue weighted by molar-refractivity contribution is 0.408. The average molecular weight is 127 g/mol. The highest BCUT2D eigenvalue weighted by atomic mass is 14.7. The summed E-state index contributed by atoms with van der Waals surface area (Å²) < 4.78 is 0. The van der Waals surface area contributed by atoms with Crippen LogP contribution >= 0.6 is 0 Å². The van der Waals surface area contributed by atoms with Gasteiger partial charge in [0.1, 0.15) is 0 Å². The van der Waals surface area contributed by atoms with Crippen LogP contribution in [-0.2, 0) is 0 Å². The second kappa shape index (κ2) is 2.30. The maximum absolute atomic E-state index is 5.92. The first kappa shape index (κ1) is 7.07. The highest BCUT2D eigenvalue weighted by Crippen LogP contribution is 2.48. The Balaban J connectivity index is 2.24. The number of rotatable bonds is 3. The summed E-state index contributed by atoms with van der Waals surface area (Å²) in [6.07, 6.45) is 5.15. The Labute approximate surface area is 57.6 Å². The van der Waals surface area contributed by atoms with Crippen LogP contribution in [0.5, 0.6) is 0 Å². The zero-order chi connectivity index (χ0) is 6.91. The lowest BCUT2D eigenvalue weighted by Crippen LogP contribution is -2.28. The summed E-state index contributed by atoms with van der Waals surface area (Å²) in [4.78, 5) is 0. The molecule has 0 unspecified atom stereocenters. The van der Waals surface area contributed by atoms with Crippen molar-refractivity contribution in [3.8, 4) is 0 Å². The largest absolute Gasteiger partial charge is 0.327 e. The molecule has 9 heavy (non-hydrogen) atoms. The van der Waals surface area contributed by atoms with E-state index >= 15 is 0 Å². The molecule has 0 aromatic heterocycles. The van der Waals surface area contributed by atoms with Gasteiger partial charge in [0.05, 0.1) is 0 Å². The van der Waals surface area contributed by atoms with Crippen LogP contribution in [0.3, 0.4) is 0 Å². The van der Waals surface area contributed by atoms with Gasteiger partial charge in [-0.1, -0.05) is 20.3 Å². The van der Waals surface area contributed by atoms with Gasteiger partial charge in [-0.3, -0.25) is 0 Å². The monoisotopic (exact) mass is 127 g/mol. The lowest BCUT2D eigenvalue weighted by atomic mass is 9.96. The van der Waals surface area contributed by atoms with E-state index < -0.39 is 0 Å². The van der Waals surface area contributed by atoms with E-state index in [4.69, 9.17) is 5.73 Å². The fourth-order valence-electron chi connectivity index (χ4n) is 1.23. The summed E-state index contributed by atoms with van der Waals surface area (Å²) in [5.41, 5.74) is 6.46. The first-order valence-electron chi connectivity index (χ1n) is 3.94. The molecular formula is C8H17N. The molecule has 1 atom stereocenters. The molecule has 1 nitrogen and oxygen atoms in total. The molecule has 0 heterocycles. The molecule has 0 aromatic carbocycles. The maximum atomic E-state index is 5.92. The number of nitrogens with two attached hydrogens (primary N) is 1. The summed E-state index contributed by atoms with van der Waals surface area (Å²) in [6.45, 7) is 4.50. The molecule has 1 aliphatic rings. The van der Waals surface area contributed by atoms with Gasteiger partial charge in [-0.15, -0.1) is 0 Å². The maximum Gasteiger partial charge on any atom is 0.00928 e. The van der Waals surface area contributed by atoms with Gasteiger partial charge in [-0.25, -0.2) is 0 Å². The molecule has 0 spiro atoms. The molecule has 1 saturated carbocycles. The topological polar surface area (TPSA) is 26.0 Å². The lowest BCUT2D eigenvalue weighted by Gasteiger charge is -2.16. The number of hydrogen-bond acceptors (Lipinski definition) is 1. The molecule has 0 saturated heterocycles. The van der Waals surface area contributed by atoms with E-state index in [2.05, 4.69) is 13.8 Å². The third-order valence-corrected chi connectivity index (χ3v) is 2.53. The van der Waals surface area contributed by atoms with E-state index in [0.717, 1.165) is 0 Å². The summed E-state index contributed by atoms with van der Waals surface area (Å²) in [5.74, 6) is 0. The van der Waals surface area contributed by atoms with Gasteiger partial charge in [0, 0.05) is 6.04 Å². The Morgan fingerprint density at radius 2 is 2.11 bits per heavy atom. The van der Waals surface area contributed by atoms with Crippen LogP contribution in [0, 0.1) is 5.41 Å². The van der Waals surface area contributed by atoms with Crippen LogP contribution < -0.4 is 5.73 Å². The molecule has 0 bridgehead atoms. The summed E-state index contributed by atoms with van der Waals surface area (Å²) in [6, 6.07) is 0.475. The van der Waals surface area contributed by atoms with E-state index in [9.17, 15) is 0 Å². The first-order valence-corrected chi connectivity index (χ1v) is 3.94. The smallest absolute Gasteiger partial charge is 0.00928 e. The third-order valence-electron chi connectivity index (χ3n) is 2.53. The highest BCUT2D eigenvalue weighted by molar-refractivity contribution is 4.96. The van der Waals surface area contributed by atoms with Crippen molar-refractivity contribution >= 4 is 0 Å². The van der Waals surface area contributed by atoms with Gasteiger partial charge in [0.2, 0.25) is 0 Å². The SMILES string of the molecule is CCC[C@H](N)C1(C)CC1. The van der Waals surface area contributed by atoms with Crippen LogP contribution in [0.4, 0.5) is 0 Å². The summed E-state index contributed by atoms with van der Waals surface area (Å²) in [7, 11) is 0. The van der Waals surface area contributed by atoms with E-state index in [-0.39, 0.29) is 0 Å². The van der Waals surface area contributed by atoms with Crippen molar-refractivity contribution in [2.24, 2.45) is 11.1 Å². The zero-order valence-corrected chi connectivity index (χ0v) is 6.48. The molecule has 0 radical (unpaired) electrons. The van der Waals surface area contributed by atoms with Gasteiger partial charge < -0.3 is 5.73 Å². The molecule has 1 rings (SSSR count). The molecule has 54 valence electrons. The fourth-order valence-corrected chi connectivity index (χ4v) is 1.23. The minimum absolute atomic E-state index is 0.475. The van der Waals surface area contributed by atoms with Crippen molar-refractivity contribution in [3.05, 3.63) is 0 Å². The van der Waals surface area contributed by atoms with Gasteiger partial charge in [0.25, 0.3) is 0 Å². The van der Waals surface area contributed by atoms with Crippen LogP contribution in [0.25, 0.3) is 0 Å². The molecule has 1 heteroatoms. The summed E-state index contributed by atoms with van der Waals surface area (Å²) in [5, 5.41) is 0. The van der Waals surface area contributed by atoms with Crippen LogP contribution in [0.15, 0.2) is 0 Å². The summed E-state index contributed by atoms with van der Waals surface area (Å²) >= 11 is 0. The second-order valence-corrected chi connectivity index (χ2v) is 3.55. The first-order chi connectivity index (χ1) is 4.19. The zero-order valence-electron chi connectivity index (χ0n) is 6.48. The van der Waals surface area contributed by atoms with Crippen molar-refractivity contribution in [1.82, 2.24) is 0 Å². The Kier molecular flexibility index (Phi) is 1.80. The van der Waals surface area contributed by atoms with Crippen LogP contribution in [0.2, 0.25) is 0 Å². The fraction of sp³-hybridized carbons (Fsp3) is 1.00. The second-order valence-electron chi connectivity index (χ2n) is 3.55. The van der Waals surface area contributed by atoms with Crippen molar-refractivity contribution < 1.29 is 0 Å². The van der Waals surface area contributed by atoms with E-state index in [0.29, 0.717) is 11.5 Å². The van der Waals surface area contributed by atoms with Crippen LogP contribution in [0.1, 0.15) is 39.5 Å². The normalized spacial score (nSPS) is 25.7. The van der Waals surface area contributed by atoms with Gasteiger partial charge in [0.15, 0.2) is 0 Å². The molecular weight excluding hydrogens is 110 g/mol. The number of hydrogen-bond donors (Lipinski definition) is 1. The van der Waals surface area contributed by atoms with E-state index in [1.807, 2.05) is 0 Å². The van der Waals surface area contributed by atoms with Gasteiger partial charge in [-0.05, 0) is 24.7 Å². The minimum atomic E-state index is 0.475.